The molecule has 1 aliphatic heterocycles. The van der Waals surface area contributed by atoms with Crippen LogP contribution in [0.3, 0.4) is 0 Å². The number of benzene rings is 1. The van der Waals surface area contributed by atoms with Crippen LogP contribution in [-0.4, -0.2) is 51.3 Å². The molecule has 0 bridgehead atoms. The molecule has 3 rings (SSSR count). The van der Waals surface area contributed by atoms with Gasteiger partial charge >= 0.3 is 5.97 Å². The highest BCUT2D eigenvalue weighted by Crippen LogP contribution is 2.38. The van der Waals surface area contributed by atoms with Crippen LogP contribution in [0.5, 0.6) is 11.5 Å². The smallest absolute Gasteiger partial charge is 0.302 e. The molecule has 1 aromatic carbocycles. The highest BCUT2D eigenvalue weighted by atomic mass is 16.5. The Bertz CT molecular complexity index is 928. The van der Waals surface area contributed by atoms with Crippen LogP contribution in [0.25, 0.3) is 0 Å². The topological polar surface area (TPSA) is 96.3 Å². The number of amides is 1. The lowest BCUT2D eigenvalue weighted by atomic mass is 9.98. The Labute approximate surface area is 241 Å². The zero-order chi connectivity index (χ0) is 28.9. The van der Waals surface area contributed by atoms with Crippen LogP contribution in [0.2, 0.25) is 0 Å². The number of aryl methyl sites for hydroxylation is 1. The summed E-state index contributed by atoms with van der Waals surface area (Å²) in [6.07, 6.45) is 14.7. The van der Waals surface area contributed by atoms with Gasteiger partial charge in [0.1, 0.15) is 6.10 Å². The molecule has 3 atom stereocenters. The van der Waals surface area contributed by atoms with Gasteiger partial charge in [0.05, 0.1) is 12.2 Å². The Morgan fingerprint density at radius 1 is 1.05 bits per heavy atom. The Hall–Kier alpha value is -2.28. The first-order chi connectivity index (χ1) is 19.3. The molecular weight excluding hydrogens is 506 g/mol. The molecule has 40 heavy (non-hydrogen) atoms. The minimum atomic E-state index is -0.502. The number of carbonyl (C=O) groups excluding carboxylic acids is 2. The van der Waals surface area contributed by atoms with Crippen molar-refractivity contribution < 1.29 is 29.3 Å². The predicted octanol–water partition coefficient (Wildman–Crippen LogP) is 6.98. The fraction of sp³-hybridized carbons (Fsp3) is 0.758. The largest absolute Gasteiger partial charge is 0.504 e. The van der Waals surface area contributed by atoms with E-state index in [0.29, 0.717) is 50.0 Å². The first-order valence-electron chi connectivity index (χ1n) is 16.0. The summed E-state index contributed by atoms with van der Waals surface area (Å²) in [5.74, 6) is 0.420. The number of aliphatic hydroxyl groups excluding tert-OH is 1. The predicted molar refractivity (Wildman–Crippen MR) is 157 cm³/mol. The number of hydrogen-bond donors (Lipinski definition) is 2. The highest BCUT2D eigenvalue weighted by Gasteiger charge is 2.32. The third-order valence-corrected chi connectivity index (χ3v) is 8.51. The normalized spacial score (nSPS) is 19.2. The van der Waals surface area contributed by atoms with Crippen molar-refractivity contribution >= 4 is 11.9 Å². The van der Waals surface area contributed by atoms with Crippen molar-refractivity contribution in [1.82, 2.24) is 4.90 Å². The van der Waals surface area contributed by atoms with Gasteiger partial charge in [-0.2, -0.15) is 0 Å². The molecule has 2 aliphatic rings. The van der Waals surface area contributed by atoms with E-state index >= 15 is 0 Å². The van der Waals surface area contributed by atoms with Crippen molar-refractivity contribution in [2.24, 2.45) is 0 Å². The van der Waals surface area contributed by atoms with Gasteiger partial charge in [0.2, 0.25) is 5.91 Å². The second kappa shape index (κ2) is 16.9. The van der Waals surface area contributed by atoms with Crippen molar-refractivity contribution in [1.29, 1.82) is 0 Å². The maximum Gasteiger partial charge on any atom is 0.302 e. The van der Waals surface area contributed by atoms with E-state index in [9.17, 15) is 19.8 Å². The van der Waals surface area contributed by atoms with E-state index in [2.05, 4.69) is 13.8 Å². The van der Waals surface area contributed by atoms with Crippen LogP contribution in [-0.2, 0) is 27.3 Å². The number of hydrogen-bond acceptors (Lipinski definition) is 6. The molecule has 226 valence electrons. The van der Waals surface area contributed by atoms with Crippen LogP contribution < -0.4 is 4.74 Å². The Kier molecular flexibility index (Phi) is 13.6. The molecule has 1 amide bonds. The van der Waals surface area contributed by atoms with Crippen molar-refractivity contribution in [3.8, 4) is 11.5 Å². The quantitative estimate of drug-likeness (QED) is 0.149. The Morgan fingerprint density at radius 2 is 1.77 bits per heavy atom. The Morgan fingerprint density at radius 3 is 2.48 bits per heavy atom. The van der Waals surface area contributed by atoms with Crippen LogP contribution in [0.4, 0.5) is 0 Å². The fourth-order valence-corrected chi connectivity index (χ4v) is 6.23. The average Bonchev–Trinajstić information content (AvgIpc) is 3.55. The Balaban J connectivity index is 1.77. The minimum absolute atomic E-state index is 0.0938. The number of esters is 1. The molecule has 1 saturated heterocycles. The van der Waals surface area contributed by atoms with E-state index in [4.69, 9.17) is 9.47 Å². The number of likely N-dealkylation sites (tertiary alicyclic amines) is 1. The lowest BCUT2D eigenvalue weighted by Crippen LogP contribution is -2.32. The van der Waals surface area contributed by atoms with Gasteiger partial charge in [0.25, 0.3) is 0 Å². The summed E-state index contributed by atoms with van der Waals surface area (Å²) in [6.45, 7) is 6.11. The number of carbonyl (C=O) groups is 2. The van der Waals surface area contributed by atoms with E-state index in [1.807, 2.05) is 17.0 Å². The summed E-state index contributed by atoms with van der Waals surface area (Å²) >= 11 is 0. The maximum absolute atomic E-state index is 12.8. The van der Waals surface area contributed by atoms with Gasteiger partial charge in [0.15, 0.2) is 11.5 Å². The molecule has 7 nitrogen and oxygen atoms in total. The summed E-state index contributed by atoms with van der Waals surface area (Å²) in [7, 11) is 0. The van der Waals surface area contributed by atoms with E-state index in [1.165, 1.54) is 6.92 Å². The number of nitrogens with zero attached hydrogens (tertiary/aromatic N) is 1. The lowest BCUT2D eigenvalue weighted by molar-refractivity contribution is -0.148. The van der Waals surface area contributed by atoms with E-state index in [-0.39, 0.29) is 35.9 Å². The van der Waals surface area contributed by atoms with Crippen LogP contribution >= 0.6 is 0 Å². The molecule has 0 radical (unpaired) electrons. The summed E-state index contributed by atoms with van der Waals surface area (Å²) in [6, 6.07) is 4.10. The molecule has 3 unspecified atom stereocenters. The molecule has 7 heteroatoms. The minimum Gasteiger partial charge on any atom is -0.504 e. The monoisotopic (exact) mass is 559 g/mol. The summed E-state index contributed by atoms with van der Waals surface area (Å²) in [4.78, 5) is 26.6. The molecule has 1 saturated carbocycles. The molecule has 1 heterocycles. The molecular formula is C33H53NO6. The average molecular weight is 560 g/mol. The molecule has 2 N–H and O–H groups in total. The number of aromatic hydroxyl groups is 1. The molecule has 1 aliphatic carbocycles. The number of rotatable bonds is 18. The van der Waals surface area contributed by atoms with Gasteiger partial charge in [-0.15, -0.1) is 0 Å². The first kappa shape index (κ1) is 32.2. The summed E-state index contributed by atoms with van der Waals surface area (Å²) < 4.78 is 11.9. The van der Waals surface area contributed by atoms with Gasteiger partial charge in [-0.25, -0.2) is 0 Å². The SMILES string of the molecule is CCCCCC(O)CC(CCc1cc(CN2C(=O)CCC2CCCCC)c(O)c(OC2CCCC2)c1)OC(C)=O. The van der Waals surface area contributed by atoms with Gasteiger partial charge in [0, 0.05) is 37.9 Å². The number of ether oxygens (including phenoxy) is 2. The third-order valence-electron chi connectivity index (χ3n) is 8.51. The zero-order valence-electron chi connectivity index (χ0n) is 25.2. The number of phenolic OH excluding ortho intramolecular Hbond substituents is 1. The van der Waals surface area contributed by atoms with Crippen LogP contribution in [0, 0.1) is 0 Å². The highest BCUT2D eigenvalue weighted by molar-refractivity contribution is 5.79. The molecule has 0 aromatic heterocycles. The molecule has 2 fully saturated rings. The third kappa shape index (κ3) is 10.3. The zero-order valence-corrected chi connectivity index (χ0v) is 25.2. The molecule has 1 aromatic rings. The second-order valence-electron chi connectivity index (χ2n) is 12.0. The van der Waals surface area contributed by atoms with Crippen molar-refractivity contribution in [3.63, 3.8) is 0 Å². The number of phenols is 1. The summed E-state index contributed by atoms with van der Waals surface area (Å²) in [5.41, 5.74) is 1.69. The van der Waals surface area contributed by atoms with Crippen LogP contribution in [0.1, 0.15) is 135 Å². The summed E-state index contributed by atoms with van der Waals surface area (Å²) in [5, 5.41) is 21.8. The van der Waals surface area contributed by atoms with E-state index in [1.54, 1.807) is 0 Å². The molecule has 0 spiro atoms. The van der Waals surface area contributed by atoms with Crippen molar-refractivity contribution in [2.45, 2.75) is 161 Å². The van der Waals surface area contributed by atoms with E-state index < -0.39 is 6.10 Å². The number of unbranched alkanes of at least 4 members (excludes halogenated alkanes) is 4. The van der Waals surface area contributed by atoms with E-state index in [0.717, 1.165) is 82.6 Å². The first-order valence-corrected chi connectivity index (χ1v) is 16.0. The maximum atomic E-state index is 12.8. The van der Waals surface area contributed by atoms with Gasteiger partial charge in [-0.1, -0.05) is 58.4 Å². The standard InChI is InChI=1S/C33H53NO6/c1-4-6-8-12-27-17-19-32(37)34(27)23-26-20-25(21-31(33(26)38)40-29-14-10-11-15-29)16-18-30(39-24(3)35)22-28(36)13-9-7-5-2/h20-21,27-30,36,38H,4-19,22-23H2,1-3H3. The number of aliphatic hydroxyl groups is 1. The van der Waals surface area contributed by atoms with Gasteiger partial charge in [-0.3, -0.25) is 9.59 Å². The lowest BCUT2D eigenvalue weighted by Gasteiger charge is -2.27. The fourth-order valence-electron chi connectivity index (χ4n) is 6.23. The van der Waals surface area contributed by atoms with Gasteiger partial charge < -0.3 is 24.6 Å². The van der Waals surface area contributed by atoms with Crippen molar-refractivity contribution in [3.05, 3.63) is 23.3 Å². The second-order valence-corrected chi connectivity index (χ2v) is 12.0. The van der Waals surface area contributed by atoms with Crippen LogP contribution in [0.15, 0.2) is 12.1 Å². The van der Waals surface area contributed by atoms with Crippen molar-refractivity contribution in [2.75, 3.05) is 0 Å². The van der Waals surface area contributed by atoms with Gasteiger partial charge in [-0.05, 0) is 69.4 Å².